The standard InChI is InChI=1S/C22H32N6O2/c1-14(2)22-26-25-18(30-22)10-11-19(29)28-13-6-5-9-17(28)20-23-15(3)16-8-7-12-27(4)21(16)24-20/h14,17H,5-13H2,1-4H3/t17-/m1/s1. The molecule has 4 rings (SSSR count). The molecule has 1 fully saturated rings. The SMILES string of the molecule is Cc1nc([C@H]2CCCCN2C(=O)CCc2nnc(C(C)C)o2)nc2c1CCCN2C. The molecule has 2 aliphatic rings. The molecule has 0 spiro atoms. The van der Waals surface area contributed by atoms with Gasteiger partial charge in [0.25, 0.3) is 0 Å². The van der Waals surface area contributed by atoms with E-state index in [9.17, 15) is 4.79 Å². The second-order valence-electron chi connectivity index (χ2n) is 8.78. The Kier molecular flexibility index (Phi) is 6.01. The van der Waals surface area contributed by atoms with Crippen molar-refractivity contribution in [3.8, 4) is 0 Å². The van der Waals surface area contributed by atoms with E-state index in [-0.39, 0.29) is 17.9 Å². The molecule has 0 saturated carbocycles. The van der Waals surface area contributed by atoms with Gasteiger partial charge < -0.3 is 14.2 Å². The summed E-state index contributed by atoms with van der Waals surface area (Å²) in [5, 5.41) is 8.14. The van der Waals surface area contributed by atoms with Crippen molar-refractivity contribution in [2.75, 3.05) is 25.0 Å². The van der Waals surface area contributed by atoms with Crippen molar-refractivity contribution < 1.29 is 9.21 Å². The predicted octanol–water partition coefficient (Wildman–Crippen LogP) is 3.36. The van der Waals surface area contributed by atoms with Gasteiger partial charge in [-0.1, -0.05) is 13.8 Å². The van der Waals surface area contributed by atoms with Crippen LogP contribution >= 0.6 is 0 Å². The zero-order valence-corrected chi connectivity index (χ0v) is 18.5. The number of fused-ring (bicyclic) bond motifs is 1. The van der Waals surface area contributed by atoms with Crippen LogP contribution in [0.15, 0.2) is 4.42 Å². The molecule has 1 saturated heterocycles. The maximum Gasteiger partial charge on any atom is 0.223 e. The van der Waals surface area contributed by atoms with Gasteiger partial charge in [-0.3, -0.25) is 4.79 Å². The molecular formula is C22H32N6O2. The van der Waals surface area contributed by atoms with Gasteiger partial charge in [-0.2, -0.15) is 0 Å². The first-order valence-corrected chi connectivity index (χ1v) is 11.1. The maximum absolute atomic E-state index is 13.1. The van der Waals surface area contributed by atoms with Crippen LogP contribution < -0.4 is 4.90 Å². The number of amides is 1. The lowest BCUT2D eigenvalue weighted by Gasteiger charge is -2.36. The Labute approximate surface area is 178 Å². The van der Waals surface area contributed by atoms with Gasteiger partial charge in [0.2, 0.25) is 17.7 Å². The Balaban J connectivity index is 1.50. The van der Waals surface area contributed by atoms with E-state index in [1.54, 1.807) is 0 Å². The highest BCUT2D eigenvalue weighted by Crippen LogP contribution is 2.33. The zero-order chi connectivity index (χ0) is 21.3. The Hall–Kier alpha value is -2.51. The van der Waals surface area contributed by atoms with Crippen LogP contribution in [0.1, 0.15) is 86.8 Å². The summed E-state index contributed by atoms with van der Waals surface area (Å²) in [5.74, 6) is 3.27. The average molecular weight is 413 g/mol. The first-order valence-electron chi connectivity index (χ1n) is 11.1. The maximum atomic E-state index is 13.1. The van der Waals surface area contributed by atoms with E-state index >= 15 is 0 Å². The number of nitrogens with zero attached hydrogens (tertiary/aromatic N) is 6. The first-order chi connectivity index (χ1) is 14.4. The van der Waals surface area contributed by atoms with Crippen molar-refractivity contribution in [3.05, 3.63) is 28.9 Å². The molecule has 162 valence electrons. The molecule has 0 unspecified atom stereocenters. The number of hydrogen-bond acceptors (Lipinski definition) is 7. The number of likely N-dealkylation sites (tertiary alicyclic amines) is 1. The topological polar surface area (TPSA) is 88.2 Å². The second-order valence-corrected chi connectivity index (χ2v) is 8.78. The summed E-state index contributed by atoms with van der Waals surface area (Å²) >= 11 is 0. The van der Waals surface area contributed by atoms with Crippen molar-refractivity contribution in [1.29, 1.82) is 0 Å². The highest BCUT2D eigenvalue weighted by Gasteiger charge is 2.32. The molecule has 2 aromatic rings. The van der Waals surface area contributed by atoms with Crippen LogP contribution in [0.4, 0.5) is 5.82 Å². The Morgan fingerprint density at radius 2 is 2.00 bits per heavy atom. The number of carbonyl (C=O) groups is 1. The quantitative estimate of drug-likeness (QED) is 0.744. The van der Waals surface area contributed by atoms with E-state index in [4.69, 9.17) is 14.4 Å². The molecule has 8 heteroatoms. The fraction of sp³-hybridized carbons (Fsp3) is 0.682. The van der Waals surface area contributed by atoms with Gasteiger partial charge in [-0.15, -0.1) is 10.2 Å². The lowest BCUT2D eigenvalue weighted by molar-refractivity contribution is -0.135. The first kappa shape index (κ1) is 20.8. The Morgan fingerprint density at radius 3 is 2.77 bits per heavy atom. The van der Waals surface area contributed by atoms with Crippen LogP contribution in [0.5, 0.6) is 0 Å². The Bertz CT molecular complexity index is 909. The molecule has 0 aliphatic carbocycles. The van der Waals surface area contributed by atoms with Crippen LogP contribution in [-0.2, 0) is 17.6 Å². The fourth-order valence-electron chi connectivity index (χ4n) is 4.42. The van der Waals surface area contributed by atoms with Gasteiger partial charge >= 0.3 is 0 Å². The van der Waals surface area contributed by atoms with Crippen molar-refractivity contribution in [1.82, 2.24) is 25.1 Å². The van der Waals surface area contributed by atoms with E-state index in [1.165, 1.54) is 5.56 Å². The van der Waals surface area contributed by atoms with Crippen LogP contribution in [0.2, 0.25) is 0 Å². The average Bonchev–Trinajstić information content (AvgIpc) is 3.22. The van der Waals surface area contributed by atoms with Crippen LogP contribution in [0, 0.1) is 6.92 Å². The minimum atomic E-state index is -0.0560. The van der Waals surface area contributed by atoms with Crippen molar-refractivity contribution in [2.24, 2.45) is 0 Å². The lowest BCUT2D eigenvalue weighted by atomic mass is 9.99. The molecule has 0 radical (unpaired) electrons. The summed E-state index contributed by atoms with van der Waals surface area (Å²) in [6, 6.07) is -0.0560. The second kappa shape index (κ2) is 8.70. The summed E-state index contributed by atoms with van der Waals surface area (Å²) < 4.78 is 5.66. The van der Waals surface area contributed by atoms with Gasteiger partial charge in [-0.05, 0) is 39.0 Å². The third kappa shape index (κ3) is 4.18. The van der Waals surface area contributed by atoms with E-state index in [1.807, 2.05) is 18.7 Å². The molecule has 2 aliphatic heterocycles. The van der Waals surface area contributed by atoms with Crippen LogP contribution in [-0.4, -0.2) is 51.1 Å². The number of carbonyl (C=O) groups excluding carboxylic acids is 1. The normalized spacial score (nSPS) is 19.3. The summed E-state index contributed by atoms with van der Waals surface area (Å²) in [5.41, 5.74) is 2.30. The summed E-state index contributed by atoms with van der Waals surface area (Å²) in [6.07, 6.45) is 6.01. The molecule has 8 nitrogen and oxygen atoms in total. The highest BCUT2D eigenvalue weighted by atomic mass is 16.4. The van der Waals surface area contributed by atoms with Gasteiger partial charge in [0.15, 0.2) is 5.82 Å². The molecule has 0 N–H and O–H groups in total. The van der Waals surface area contributed by atoms with Gasteiger partial charge in [0.05, 0.1) is 6.04 Å². The predicted molar refractivity (Wildman–Crippen MR) is 113 cm³/mol. The van der Waals surface area contributed by atoms with E-state index in [2.05, 4.69) is 29.1 Å². The molecule has 2 aromatic heterocycles. The van der Waals surface area contributed by atoms with Gasteiger partial charge in [0, 0.05) is 50.2 Å². The lowest BCUT2D eigenvalue weighted by Crippen LogP contribution is -2.40. The smallest absolute Gasteiger partial charge is 0.223 e. The third-order valence-electron chi connectivity index (χ3n) is 6.14. The van der Waals surface area contributed by atoms with Crippen LogP contribution in [0.3, 0.4) is 0 Å². The number of hydrogen-bond donors (Lipinski definition) is 0. The minimum absolute atomic E-state index is 0.0560. The Morgan fingerprint density at radius 1 is 1.17 bits per heavy atom. The molecule has 4 heterocycles. The molecule has 1 atom stereocenters. The summed E-state index contributed by atoms with van der Waals surface area (Å²) in [4.78, 5) is 27.1. The highest BCUT2D eigenvalue weighted by molar-refractivity contribution is 5.77. The van der Waals surface area contributed by atoms with E-state index in [0.29, 0.717) is 24.6 Å². The molecule has 30 heavy (non-hydrogen) atoms. The molecule has 0 aromatic carbocycles. The number of anilines is 1. The van der Waals surface area contributed by atoms with E-state index < -0.39 is 0 Å². The molecular weight excluding hydrogens is 380 g/mol. The third-order valence-corrected chi connectivity index (χ3v) is 6.14. The zero-order valence-electron chi connectivity index (χ0n) is 18.5. The van der Waals surface area contributed by atoms with Crippen LogP contribution in [0.25, 0.3) is 0 Å². The molecule has 1 amide bonds. The van der Waals surface area contributed by atoms with Crippen molar-refractivity contribution >= 4 is 11.7 Å². The van der Waals surface area contributed by atoms with E-state index in [0.717, 1.165) is 62.5 Å². The molecule has 0 bridgehead atoms. The largest absolute Gasteiger partial charge is 0.425 e. The number of aromatic nitrogens is 4. The summed E-state index contributed by atoms with van der Waals surface area (Å²) in [6.45, 7) is 7.86. The van der Waals surface area contributed by atoms with Crippen molar-refractivity contribution in [3.63, 3.8) is 0 Å². The fourth-order valence-corrected chi connectivity index (χ4v) is 4.42. The van der Waals surface area contributed by atoms with Gasteiger partial charge in [0.1, 0.15) is 5.82 Å². The number of rotatable bonds is 5. The minimum Gasteiger partial charge on any atom is -0.425 e. The summed E-state index contributed by atoms with van der Waals surface area (Å²) in [7, 11) is 2.09. The number of piperidine rings is 1. The monoisotopic (exact) mass is 412 g/mol. The van der Waals surface area contributed by atoms with Gasteiger partial charge in [-0.25, -0.2) is 9.97 Å². The van der Waals surface area contributed by atoms with Crippen molar-refractivity contribution in [2.45, 2.75) is 77.7 Å². The number of aryl methyl sites for hydroxylation is 2.